The van der Waals surface area contributed by atoms with Gasteiger partial charge in [-0.2, -0.15) is 0 Å². The molecule has 2 heterocycles. The number of carbonyl (C=O) groups is 1. The molecule has 1 aliphatic heterocycles. The van der Waals surface area contributed by atoms with E-state index < -0.39 is 15.1 Å². The molecule has 1 aromatic heterocycles. The minimum atomic E-state index is -3.08. The van der Waals surface area contributed by atoms with Crippen molar-refractivity contribution < 1.29 is 17.6 Å². The van der Waals surface area contributed by atoms with E-state index in [4.69, 9.17) is 4.42 Å². The molecule has 2 rings (SSSR count). The van der Waals surface area contributed by atoms with Gasteiger partial charge in [-0.05, 0) is 24.1 Å². The van der Waals surface area contributed by atoms with Gasteiger partial charge in [-0.15, -0.1) is 0 Å². The summed E-state index contributed by atoms with van der Waals surface area (Å²) in [7, 11) is -3.08. The zero-order valence-electron chi connectivity index (χ0n) is 11.7. The van der Waals surface area contributed by atoms with E-state index in [0.717, 1.165) is 0 Å². The number of likely N-dealkylation sites (tertiary alicyclic amines) is 1. The molecule has 1 aliphatic rings. The highest BCUT2D eigenvalue weighted by Crippen LogP contribution is 2.19. The van der Waals surface area contributed by atoms with Gasteiger partial charge in [0.25, 0.3) is 0 Å². The van der Waals surface area contributed by atoms with Gasteiger partial charge < -0.3 is 9.32 Å². The molecule has 5 nitrogen and oxygen atoms in total. The summed E-state index contributed by atoms with van der Waals surface area (Å²) in [6.07, 6.45) is 4.52. The molecule has 20 heavy (non-hydrogen) atoms. The summed E-state index contributed by atoms with van der Waals surface area (Å²) in [5.41, 5.74) is 0. The monoisotopic (exact) mass is 297 g/mol. The highest BCUT2D eigenvalue weighted by Gasteiger charge is 2.38. The average Bonchev–Trinajstić information content (AvgIpc) is 2.74. The second-order valence-corrected chi connectivity index (χ2v) is 7.76. The lowest BCUT2D eigenvalue weighted by Crippen LogP contribution is -2.57. The van der Waals surface area contributed by atoms with Gasteiger partial charge in [0, 0.05) is 19.2 Å². The van der Waals surface area contributed by atoms with E-state index in [2.05, 4.69) is 0 Å². The summed E-state index contributed by atoms with van der Waals surface area (Å²) in [5, 5.41) is -0.411. The molecule has 0 unspecified atom stereocenters. The molecule has 0 N–H and O–H groups in total. The van der Waals surface area contributed by atoms with Gasteiger partial charge in [0.15, 0.2) is 9.84 Å². The predicted octanol–water partition coefficient (Wildman–Crippen LogP) is 1.57. The lowest BCUT2D eigenvalue weighted by Gasteiger charge is -2.38. The molecule has 0 aliphatic carbocycles. The van der Waals surface area contributed by atoms with Gasteiger partial charge in [-0.25, -0.2) is 8.42 Å². The molecule has 1 aromatic rings. The summed E-state index contributed by atoms with van der Waals surface area (Å²) < 4.78 is 29.0. The normalized spacial score (nSPS) is 16.9. The Bertz CT molecular complexity index is 581. The van der Waals surface area contributed by atoms with E-state index in [1.807, 2.05) is 13.8 Å². The number of nitrogens with zero attached hydrogens (tertiary/aromatic N) is 1. The minimum Gasteiger partial charge on any atom is -0.465 e. The standard InChI is InChI=1S/C14H19NO4S/c1-11(2)10-20(17,18)13-8-15(9-13)14(16)6-5-12-4-3-7-19-12/h3-7,11,13H,8-10H2,1-2H3/b6-5+. The maximum Gasteiger partial charge on any atom is 0.246 e. The number of rotatable bonds is 5. The van der Waals surface area contributed by atoms with Crippen molar-refractivity contribution in [2.24, 2.45) is 5.92 Å². The predicted molar refractivity (Wildman–Crippen MR) is 76.7 cm³/mol. The van der Waals surface area contributed by atoms with E-state index >= 15 is 0 Å². The van der Waals surface area contributed by atoms with Gasteiger partial charge in [0.2, 0.25) is 5.91 Å². The van der Waals surface area contributed by atoms with Crippen LogP contribution in [-0.4, -0.2) is 43.3 Å². The van der Waals surface area contributed by atoms with Gasteiger partial charge in [-0.3, -0.25) is 4.79 Å². The summed E-state index contributed by atoms with van der Waals surface area (Å²) in [6.45, 7) is 4.34. The van der Waals surface area contributed by atoms with Crippen LogP contribution in [0.3, 0.4) is 0 Å². The maximum atomic E-state index is 12.0. The quantitative estimate of drug-likeness (QED) is 0.774. The lowest BCUT2D eigenvalue weighted by atomic mass is 10.2. The van der Waals surface area contributed by atoms with E-state index in [1.54, 1.807) is 18.2 Å². The molecule has 0 bridgehead atoms. The fourth-order valence-corrected chi connectivity index (χ4v) is 4.11. The largest absolute Gasteiger partial charge is 0.465 e. The van der Waals surface area contributed by atoms with Crippen molar-refractivity contribution in [2.75, 3.05) is 18.8 Å². The SMILES string of the molecule is CC(C)CS(=O)(=O)C1CN(C(=O)/C=C/c2ccco2)C1. The fourth-order valence-electron chi connectivity index (χ4n) is 2.09. The molecule has 6 heteroatoms. The topological polar surface area (TPSA) is 67.6 Å². The van der Waals surface area contributed by atoms with Crippen LogP contribution in [0.5, 0.6) is 0 Å². The average molecular weight is 297 g/mol. The molecule has 0 atom stereocenters. The molecule has 1 saturated heterocycles. The maximum absolute atomic E-state index is 12.0. The number of furan rings is 1. The summed E-state index contributed by atoms with van der Waals surface area (Å²) in [6, 6.07) is 3.48. The minimum absolute atomic E-state index is 0.114. The Morgan fingerprint density at radius 1 is 1.50 bits per heavy atom. The molecule has 0 spiro atoms. The van der Waals surface area contributed by atoms with Crippen LogP contribution in [0.1, 0.15) is 19.6 Å². The van der Waals surface area contributed by atoms with Crippen LogP contribution < -0.4 is 0 Å². The van der Waals surface area contributed by atoms with Gasteiger partial charge in [0.1, 0.15) is 5.76 Å². The Kier molecular flexibility index (Phi) is 4.32. The second-order valence-electron chi connectivity index (χ2n) is 5.44. The van der Waals surface area contributed by atoms with Crippen LogP contribution in [0.25, 0.3) is 6.08 Å². The van der Waals surface area contributed by atoms with Crippen LogP contribution in [0.15, 0.2) is 28.9 Å². The number of hydrogen-bond acceptors (Lipinski definition) is 4. The summed E-state index contributed by atoms with van der Waals surface area (Å²) in [4.78, 5) is 13.3. The van der Waals surface area contributed by atoms with Gasteiger partial charge in [-0.1, -0.05) is 13.8 Å². The molecule has 110 valence electrons. The zero-order chi connectivity index (χ0) is 14.8. The smallest absolute Gasteiger partial charge is 0.246 e. The van der Waals surface area contributed by atoms with E-state index in [9.17, 15) is 13.2 Å². The van der Waals surface area contributed by atoms with Crippen molar-refractivity contribution in [3.63, 3.8) is 0 Å². The summed E-state index contributed by atoms with van der Waals surface area (Å²) in [5.74, 6) is 0.714. The van der Waals surface area contributed by atoms with Crippen LogP contribution in [0.4, 0.5) is 0 Å². The molecule has 0 aromatic carbocycles. The van der Waals surface area contributed by atoms with Crippen LogP contribution in [0, 0.1) is 5.92 Å². The first-order valence-electron chi connectivity index (χ1n) is 6.60. The van der Waals surface area contributed by atoms with Crippen LogP contribution in [-0.2, 0) is 14.6 Å². The third-order valence-electron chi connectivity index (χ3n) is 3.17. The third-order valence-corrected chi connectivity index (χ3v) is 5.61. The number of hydrogen-bond donors (Lipinski definition) is 0. The van der Waals surface area contributed by atoms with Crippen molar-refractivity contribution in [1.82, 2.24) is 4.90 Å². The Hall–Kier alpha value is -1.56. The fraction of sp³-hybridized carbons (Fsp3) is 0.500. The van der Waals surface area contributed by atoms with Crippen LogP contribution >= 0.6 is 0 Å². The first-order chi connectivity index (χ1) is 9.38. The zero-order valence-corrected chi connectivity index (χ0v) is 12.5. The number of amides is 1. The number of carbonyl (C=O) groups excluding carboxylic acids is 1. The molecule has 1 amide bonds. The third kappa shape index (κ3) is 3.50. The first kappa shape index (κ1) is 14.8. The Balaban J connectivity index is 1.85. The molecule has 0 saturated carbocycles. The van der Waals surface area contributed by atoms with E-state index in [1.165, 1.54) is 17.2 Å². The Morgan fingerprint density at radius 3 is 2.75 bits per heavy atom. The van der Waals surface area contributed by atoms with Gasteiger partial charge >= 0.3 is 0 Å². The van der Waals surface area contributed by atoms with Crippen molar-refractivity contribution in [3.05, 3.63) is 30.2 Å². The highest BCUT2D eigenvalue weighted by atomic mass is 32.2. The van der Waals surface area contributed by atoms with E-state index in [0.29, 0.717) is 5.76 Å². The Labute approximate surface area is 119 Å². The van der Waals surface area contributed by atoms with Crippen LogP contribution in [0.2, 0.25) is 0 Å². The second kappa shape index (κ2) is 5.83. The van der Waals surface area contributed by atoms with Crippen molar-refractivity contribution in [3.8, 4) is 0 Å². The van der Waals surface area contributed by atoms with Crippen molar-refractivity contribution >= 4 is 21.8 Å². The molecule has 0 radical (unpaired) electrons. The Morgan fingerprint density at radius 2 is 2.20 bits per heavy atom. The molecular weight excluding hydrogens is 278 g/mol. The van der Waals surface area contributed by atoms with Crippen molar-refractivity contribution in [1.29, 1.82) is 0 Å². The molecular formula is C14H19NO4S. The summed E-state index contributed by atoms with van der Waals surface area (Å²) >= 11 is 0. The van der Waals surface area contributed by atoms with E-state index in [-0.39, 0.29) is 30.7 Å². The molecule has 1 fully saturated rings. The van der Waals surface area contributed by atoms with Crippen molar-refractivity contribution in [2.45, 2.75) is 19.1 Å². The van der Waals surface area contributed by atoms with Gasteiger partial charge in [0.05, 0.1) is 17.3 Å². The highest BCUT2D eigenvalue weighted by molar-refractivity contribution is 7.92. The first-order valence-corrected chi connectivity index (χ1v) is 8.32. The number of sulfone groups is 1. The lowest BCUT2D eigenvalue weighted by molar-refractivity contribution is -0.128.